The molecule has 0 radical (unpaired) electrons. The van der Waals surface area contributed by atoms with Crippen LogP contribution in [0, 0.1) is 5.41 Å². The summed E-state index contributed by atoms with van der Waals surface area (Å²) in [7, 11) is 0. The topological polar surface area (TPSA) is 102 Å². The predicted octanol–water partition coefficient (Wildman–Crippen LogP) is 9.14. The van der Waals surface area contributed by atoms with Crippen LogP contribution in [0.3, 0.4) is 0 Å². The second-order valence-corrected chi connectivity index (χ2v) is 13.3. The van der Waals surface area contributed by atoms with Gasteiger partial charge in [0.15, 0.2) is 6.10 Å². The summed E-state index contributed by atoms with van der Waals surface area (Å²) in [5, 5.41) is 13.2. The van der Waals surface area contributed by atoms with Gasteiger partial charge in [0.05, 0.1) is 12.6 Å². The molecule has 0 heterocycles. The molecular weight excluding hydrogens is 554 g/mol. The second kappa shape index (κ2) is 27.4. The number of amides is 1. The van der Waals surface area contributed by atoms with Gasteiger partial charge >= 0.3 is 11.9 Å². The van der Waals surface area contributed by atoms with E-state index in [0.29, 0.717) is 12.8 Å². The van der Waals surface area contributed by atoms with E-state index in [0.717, 1.165) is 32.1 Å². The summed E-state index contributed by atoms with van der Waals surface area (Å²) in [6.45, 7) is 10.4. The number of aliphatic hydroxyl groups is 1. The van der Waals surface area contributed by atoms with Crippen molar-refractivity contribution >= 4 is 17.8 Å². The van der Waals surface area contributed by atoms with Crippen molar-refractivity contribution in [1.82, 2.24) is 5.32 Å². The Morgan fingerprint density at radius 3 is 1.59 bits per heavy atom. The number of hydrogen-bond donors (Lipinski definition) is 2. The number of unbranched alkanes of at least 4 members (excludes halogenated alkanes) is 17. The number of carbonyl (C=O) groups excluding carboxylic acids is 3. The van der Waals surface area contributed by atoms with Crippen molar-refractivity contribution < 1.29 is 29.0 Å². The standard InChI is InChI=1S/C37H69NO6/c1-7-9-11-13-15-17-18-19-20-22-24-26-28-34(43-31(3)40)35(44-32(4)41)33(30-39)38-36(42)37(5,6)29-27-25-23-21-16-14-12-10-8-2/h25,27,33-35,39H,7-24,26,28-30H2,1-6H3,(H,38,42)/b27-25+/t33-,34+,35-/m0/s1. The van der Waals surface area contributed by atoms with Crippen LogP contribution < -0.4 is 5.32 Å². The van der Waals surface area contributed by atoms with Crippen molar-refractivity contribution in [3.8, 4) is 0 Å². The maximum atomic E-state index is 13.3. The lowest BCUT2D eigenvalue weighted by atomic mass is 9.87. The van der Waals surface area contributed by atoms with Crippen molar-refractivity contribution in [2.24, 2.45) is 5.41 Å². The van der Waals surface area contributed by atoms with E-state index in [1.165, 1.54) is 104 Å². The Morgan fingerprint density at radius 2 is 1.14 bits per heavy atom. The van der Waals surface area contributed by atoms with Crippen LogP contribution in [-0.2, 0) is 23.9 Å². The van der Waals surface area contributed by atoms with E-state index >= 15 is 0 Å². The average molecular weight is 624 g/mol. The van der Waals surface area contributed by atoms with E-state index in [4.69, 9.17) is 9.47 Å². The van der Waals surface area contributed by atoms with Crippen LogP contribution >= 0.6 is 0 Å². The molecule has 0 fully saturated rings. The average Bonchev–Trinajstić information content (AvgIpc) is 2.97. The summed E-state index contributed by atoms with van der Waals surface area (Å²) in [4.78, 5) is 37.4. The summed E-state index contributed by atoms with van der Waals surface area (Å²) in [5.74, 6) is -1.28. The number of hydrogen-bond acceptors (Lipinski definition) is 6. The van der Waals surface area contributed by atoms with Crippen LogP contribution in [0.2, 0.25) is 0 Å². The van der Waals surface area contributed by atoms with Gasteiger partial charge in [-0.05, 0) is 32.1 Å². The largest absolute Gasteiger partial charge is 0.459 e. The SMILES string of the molecule is CCCCCCCC/C=C/CC(C)(C)C(=O)N[C@@H](CO)[C@H](OC(C)=O)[C@@H](CCCCCCCCCCCCCC)OC(C)=O. The van der Waals surface area contributed by atoms with E-state index < -0.39 is 42.2 Å². The molecule has 0 aromatic carbocycles. The van der Waals surface area contributed by atoms with Gasteiger partial charge < -0.3 is 19.9 Å². The van der Waals surface area contributed by atoms with Gasteiger partial charge in [-0.3, -0.25) is 14.4 Å². The van der Waals surface area contributed by atoms with Gasteiger partial charge in [-0.2, -0.15) is 0 Å². The molecule has 3 atom stereocenters. The molecule has 0 aliphatic carbocycles. The Hall–Kier alpha value is -1.89. The number of nitrogens with one attached hydrogen (secondary N) is 1. The van der Waals surface area contributed by atoms with Crippen LogP contribution in [0.4, 0.5) is 0 Å². The number of rotatable bonds is 29. The van der Waals surface area contributed by atoms with E-state index in [2.05, 4.69) is 31.3 Å². The van der Waals surface area contributed by atoms with Gasteiger partial charge in [-0.15, -0.1) is 0 Å². The molecule has 0 aliphatic heterocycles. The van der Waals surface area contributed by atoms with Crippen molar-refractivity contribution in [1.29, 1.82) is 0 Å². The molecule has 258 valence electrons. The molecule has 1 amide bonds. The molecule has 0 spiro atoms. The zero-order valence-electron chi connectivity index (χ0n) is 29.4. The summed E-state index contributed by atoms with van der Waals surface area (Å²) in [5.41, 5.74) is -0.724. The Balaban J connectivity index is 4.93. The minimum atomic E-state index is -0.975. The first kappa shape index (κ1) is 42.1. The fourth-order valence-corrected chi connectivity index (χ4v) is 5.53. The van der Waals surface area contributed by atoms with Crippen LogP contribution in [0.15, 0.2) is 12.2 Å². The molecule has 0 unspecified atom stereocenters. The lowest BCUT2D eigenvalue weighted by molar-refractivity contribution is -0.170. The smallest absolute Gasteiger partial charge is 0.303 e. The third-order valence-corrected chi connectivity index (χ3v) is 8.37. The molecule has 0 saturated carbocycles. The van der Waals surface area contributed by atoms with E-state index in [1.54, 1.807) is 0 Å². The summed E-state index contributed by atoms with van der Waals surface area (Å²) in [6, 6.07) is -0.889. The molecular formula is C37H69NO6. The zero-order chi connectivity index (χ0) is 33.1. The van der Waals surface area contributed by atoms with Gasteiger partial charge in [0, 0.05) is 19.3 Å². The lowest BCUT2D eigenvalue weighted by Gasteiger charge is -2.34. The third kappa shape index (κ3) is 22.6. The molecule has 0 aromatic heterocycles. The minimum Gasteiger partial charge on any atom is -0.459 e. The number of ether oxygens (including phenoxy) is 2. The van der Waals surface area contributed by atoms with Crippen LogP contribution in [0.25, 0.3) is 0 Å². The van der Waals surface area contributed by atoms with Crippen molar-refractivity contribution in [2.75, 3.05) is 6.61 Å². The Labute approximate surface area is 270 Å². The normalized spacial score (nSPS) is 13.9. The monoisotopic (exact) mass is 624 g/mol. The highest BCUT2D eigenvalue weighted by molar-refractivity contribution is 5.82. The van der Waals surface area contributed by atoms with Gasteiger partial charge in [-0.1, -0.05) is 143 Å². The van der Waals surface area contributed by atoms with Crippen molar-refractivity contribution in [2.45, 2.75) is 195 Å². The van der Waals surface area contributed by atoms with Gasteiger partial charge in [-0.25, -0.2) is 0 Å². The molecule has 0 bridgehead atoms. The first-order valence-electron chi connectivity index (χ1n) is 18.0. The van der Waals surface area contributed by atoms with Crippen LogP contribution in [0.1, 0.15) is 176 Å². The fraction of sp³-hybridized carbons (Fsp3) is 0.865. The Kier molecular flexibility index (Phi) is 26.2. The minimum absolute atomic E-state index is 0.246. The number of esters is 2. The fourth-order valence-electron chi connectivity index (χ4n) is 5.53. The second-order valence-electron chi connectivity index (χ2n) is 13.3. The maximum Gasteiger partial charge on any atom is 0.303 e. The van der Waals surface area contributed by atoms with Crippen LogP contribution in [0.5, 0.6) is 0 Å². The molecule has 7 heteroatoms. The lowest BCUT2D eigenvalue weighted by Crippen LogP contribution is -2.55. The summed E-state index contributed by atoms with van der Waals surface area (Å²) >= 11 is 0. The number of aliphatic hydroxyl groups excluding tert-OH is 1. The summed E-state index contributed by atoms with van der Waals surface area (Å²) < 4.78 is 11.2. The quantitative estimate of drug-likeness (QED) is 0.0489. The molecule has 44 heavy (non-hydrogen) atoms. The highest BCUT2D eigenvalue weighted by Gasteiger charge is 2.37. The molecule has 0 rings (SSSR count). The first-order valence-corrected chi connectivity index (χ1v) is 18.0. The van der Waals surface area contributed by atoms with Gasteiger partial charge in [0.25, 0.3) is 0 Å². The molecule has 0 aromatic rings. The highest BCUT2D eigenvalue weighted by Crippen LogP contribution is 2.24. The van der Waals surface area contributed by atoms with Gasteiger partial charge in [0.2, 0.25) is 5.91 Å². The summed E-state index contributed by atoms with van der Waals surface area (Å²) in [6.07, 6.45) is 26.5. The van der Waals surface area contributed by atoms with E-state index in [1.807, 2.05) is 13.8 Å². The van der Waals surface area contributed by atoms with Crippen molar-refractivity contribution in [3.05, 3.63) is 12.2 Å². The molecule has 0 saturated heterocycles. The number of allylic oxidation sites excluding steroid dienone is 2. The van der Waals surface area contributed by atoms with Crippen LogP contribution in [-0.4, -0.2) is 47.8 Å². The molecule has 7 nitrogen and oxygen atoms in total. The molecule has 0 aliphatic rings. The Morgan fingerprint density at radius 1 is 0.682 bits per heavy atom. The van der Waals surface area contributed by atoms with E-state index in [-0.39, 0.29) is 5.91 Å². The highest BCUT2D eigenvalue weighted by atomic mass is 16.6. The van der Waals surface area contributed by atoms with E-state index in [9.17, 15) is 19.5 Å². The first-order chi connectivity index (χ1) is 21.1. The van der Waals surface area contributed by atoms with Gasteiger partial charge in [0.1, 0.15) is 6.10 Å². The maximum absolute atomic E-state index is 13.3. The van der Waals surface area contributed by atoms with Crippen molar-refractivity contribution in [3.63, 3.8) is 0 Å². The number of carbonyl (C=O) groups is 3. The zero-order valence-corrected chi connectivity index (χ0v) is 29.4. The third-order valence-electron chi connectivity index (χ3n) is 8.37. The predicted molar refractivity (Wildman–Crippen MR) is 181 cm³/mol. The Bertz CT molecular complexity index is 765. The molecule has 2 N–H and O–H groups in total.